The van der Waals surface area contributed by atoms with Crippen LogP contribution in [0.1, 0.15) is 32.8 Å². The lowest BCUT2D eigenvalue weighted by Gasteiger charge is -2.35. The molecule has 1 heterocycles. The van der Waals surface area contributed by atoms with Gasteiger partial charge in [-0.15, -0.1) is 0 Å². The van der Waals surface area contributed by atoms with Crippen molar-refractivity contribution in [3.05, 3.63) is 29.6 Å². The normalized spacial score (nSPS) is 21.2. The first-order chi connectivity index (χ1) is 13.2. The largest absolute Gasteiger partial charge is 0.480 e. The summed E-state index contributed by atoms with van der Waals surface area (Å²) in [6.07, 6.45) is -5.12. The van der Waals surface area contributed by atoms with Crippen LogP contribution in [0.15, 0.2) is 18.2 Å². The van der Waals surface area contributed by atoms with E-state index in [1.807, 2.05) is 0 Å². The van der Waals surface area contributed by atoms with Crippen LogP contribution in [0.25, 0.3) is 0 Å². The average Bonchev–Trinajstić information content (AvgIpc) is 3.01. The molecule has 3 unspecified atom stereocenters. The van der Waals surface area contributed by atoms with E-state index in [9.17, 15) is 32.3 Å². The average molecular weight is 420 g/mol. The van der Waals surface area contributed by atoms with Crippen molar-refractivity contribution in [2.75, 3.05) is 19.0 Å². The predicted octanol–water partition coefficient (Wildman–Crippen LogP) is 3.37. The molecule has 0 spiro atoms. The Bertz CT molecular complexity index is 776. The van der Waals surface area contributed by atoms with Crippen LogP contribution in [0, 0.1) is 11.2 Å². The maximum Gasteiger partial charge on any atom is 0.416 e. The molecular formula is C19H24F4N2O4. The maximum atomic E-state index is 13.7. The molecular weight excluding hydrogens is 396 g/mol. The molecule has 0 aliphatic carbocycles. The lowest BCUT2D eigenvalue weighted by atomic mass is 9.85. The quantitative estimate of drug-likeness (QED) is 0.715. The molecule has 0 radical (unpaired) electrons. The van der Waals surface area contributed by atoms with Gasteiger partial charge in [0.25, 0.3) is 0 Å². The highest BCUT2D eigenvalue weighted by Gasteiger charge is 2.44. The highest BCUT2D eigenvalue weighted by molar-refractivity contribution is 5.90. The fraction of sp³-hybridized carbons (Fsp3) is 0.579. The summed E-state index contributed by atoms with van der Waals surface area (Å²) in [7, 11) is 1.41. The number of ether oxygens (including phenoxy) is 1. The minimum Gasteiger partial charge on any atom is -0.480 e. The van der Waals surface area contributed by atoms with E-state index in [4.69, 9.17) is 4.74 Å². The zero-order valence-corrected chi connectivity index (χ0v) is 16.5. The van der Waals surface area contributed by atoms with Gasteiger partial charge >= 0.3 is 12.1 Å². The highest BCUT2D eigenvalue weighted by atomic mass is 19.4. The predicted molar refractivity (Wildman–Crippen MR) is 96.8 cm³/mol. The number of carboxylic acid groups (broad SMARTS) is 1. The van der Waals surface area contributed by atoms with Gasteiger partial charge in [-0.2, -0.15) is 13.2 Å². The number of carboxylic acids is 1. The van der Waals surface area contributed by atoms with Gasteiger partial charge in [0.1, 0.15) is 17.9 Å². The van der Waals surface area contributed by atoms with Gasteiger partial charge in [-0.25, -0.2) is 9.18 Å². The molecule has 1 fully saturated rings. The highest BCUT2D eigenvalue weighted by Crippen LogP contribution is 2.34. The summed E-state index contributed by atoms with van der Waals surface area (Å²) < 4.78 is 57.9. The summed E-state index contributed by atoms with van der Waals surface area (Å²) in [5, 5.41) is 12.1. The van der Waals surface area contributed by atoms with Crippen LogP contribution in [0.3, 0.4) is 0 Å². The van der Waals surface area contributed by atoms with Crippen molar-refractivity contribution in [2.45, 2.75) is 51.6 Å². The number of hydrogen-bond donors (Lipinski definition) is 2. The van der Waals surface area contributed by atoms with Crippen molar-refractivity contribution in [2.24, 2.45) is 5.41 Å². The van der Waals surface area contributed by atoms with Gasteiger partial charge in [-0.3, -0.25) is 4.79 Å². The van der Waals surface area contributed by atoms with E-state index in [2.05, 4.69) is 5.32 Å². The molecule has 1 saturated heterocycles. The van der Waals surface area contributed by atoms with Crippen LogP contribution in [0.4, 0.5) is 23.2 Å². The minimum absolute atomic E-state index is 0.0392. The van der Waals surface area contributed by atoms with E-state index in [0.29, 0.717) is 12.1 Å². The molecule has 0 aromatic heterocycles. The lowest BCUT2D eigenvalue weighted by Crippen LogP contribution is -2.52. The van der Waals surface area contributed by atoms with Crippen molar-refractivity contribution in [3.63, 3.8) is 0 Å². The smallest absolute Gasteiger partial charge is 0.416 e. The van der Waals surface area contributed by atoms with E-state index in [1.54, 1.807) is 20.8 Å². The molecule has 1 aliphatic heterocycles. The molecule has 1 aromatic rings. The first-order valence-electron chi connectivity index (χ1n) is 8.94. The van der Waals surface area contributed by atoms with E-state index < -0.39 is 53.0 Å². The lowest BCUT2D eigenvalue weighted by molar-refractivity contribution is -0.149. The Kier molecular flexibility index (Phi) is 6.46. The molecule has 3 atom stereocenters. The van der Waals surface area contributed by atoms with Gasteiger partial charge in [0.2, 0.25) is 5.91 Å². The Balaban J connectivity index is 2.37. The number of methoxy groups -OCH3 is 1. The molecule has 1 aliphatic rings. The molecule has 2 N–H and O–H groups in total. The molecule has 29 heavy (non-hydrogen) atoms. The van der Waals surface area contributed by atoms with Crippen molar-refractivity contribution < 1.29 is 37.0 Å². The van der Waals surface area contributed by atoms with Crippen LogP contribution >= 0.6 is 0 Å². The van der Waals surface area contributed by atoms with Gasteiger partial charge < -0.3 is 20.1 Å². The second-order valence-electron chi connectivity index (χ2n) is 8.11. The number of nitrogens with zero attached hydrogens (tertiary/aromatic N) is 1. The number of halogens is 4. The Morgan fingerprint density at radius 3 is 2.34 bits per heavy atom. The molecule has 0 saturated carbocycles. The van der Waals surface area contributed by atoms with Crippen LogP contribution in [0.5, 0.6) is 0 Å². The molecule has 6 nitrogen and oxygen atoms in total. The molecule has 162 valence electrons. The fourth-order valence-electron chi connectivity index (χ4n) is 3.26. The van der Waals surface area contributed by atoms with E-state index in [1.165, 1.54) is 7.11 Å². The zero-order chi connectivity index (χ0) is 22.1. The third-order valence-electron chi connectivity index (χ3n) is 4.81. The monoisotopic (exact) mass is 420 g/mol. The third-order valence-corrected chi connectivity index (χ3v) is 4.81. The summed E-state index contributed by atoms with van der Waals surface area (Å²) in [6, 6.07) is -0.271. The van der Waals surface area contributed by atoms with Crippen LogP contribution < -0.4 is 5.32 Å². The first kappa shape index (κ1) is 22.9. The minimum atomic E-state index is -4.76. The Hall–Kier alpha value is -2.36. The SMILES string of the molecule is COC1CC(C(=O)O)N(C(=O)C(Nc2cc(F)cc(C(F)(F)F)c2)C(C)(C)C)C1. The number of rotatable bonds is 5. The third kappa shape index (κ3) is 5.37. The summed E-state index contributed by atoms with van der Waals surface area (Å²) in [4.78, 5) is 25.9. The summed E-state index contributed by atoms with van der Waals surface area (Å²) in [5.74, 6) is -2.91. The van der Waals surface area contributed by atoms with E-state index >= 15 is 0 Å². The molecule has 10 heteroatoms. The number of carbonyl (C=O) groups excluding carboxylic acids is 1. The Labute approximate surface area is 165 Å². The standard InChI is InChI=1S/C19H24F4N2O4/c1-18(2,3)15(16(26)25-9-13(29-4)8-14(25)17(27)28)24-12-6-10(19(21,22)23)5-11(20)7-12/h5-7,13-15,24H,8-9H2,1-4H3,(H,27,28). The van der Waals surface area contributed by atoms with E-state index in [-0.39, 0.29) is 18.7 Å². The molecule has 2 rings (SSSR count). The fourth-order valence-corrected chi connectivity index (χ4v) is 3.26. The number of amides is 1. The number of carbonyl (C=O) groups is 2. The Morgan fingerprint density at radius 1 is 1.24 bits per heavy atom. The molecule has 1 amide bonds. The van der Waals surface area contributed by atoms with Crippen molar-refractivity contribution in [1.29, 1.82) is 0 Å². The number of hydrogen-bond acceptors (Lipinski definition) is 4. The number of anilines is 1. The zero-order valence-electron chi connectivity index (χ0n) is 16.5. The first-order valence-corrected chi connectivity index (χ1v) is 8.94. The second kappa shape index (κ2) is 8.17. The number of alkyl halides is 3. The topological polar surface area (TPSA) is 78.9 Å². The number of likely N-dealkylation sites (tertiary alicyclic amines) is 1. The van der Waals surface area contributed by atoms with Crippen LogP contribution in [0.2, 0.25) is 0 Å². The number of aliphatic carboxylic acids is 1. The number of benzene rings is 1. The van der Waals surface area contributed by atoms with Gasteiger partial charge in [-0.1, -0.05) is 20.8 Å². The Morgan fingerprint density at radius 2 is 1.86 bits per heavy atom. The number of nitrogens with one attached hydrogen (secondary N) is 1. The molecule has 1 aromatic carbocycles. The van der Waals surface area contributed by atoms with Gasteiger partial charge in [-0.05, 0) is 23.6 Å². The van der Waals surface area contributed by atoms with Gasteiger partial charge in [0.05, 0.1) is 11.7 Å². The van der Waals surface area contributed by atoms with Gasteiger partial charge in [0, 0.05) is 25.8 Å². The van der Waals surface area contributed by atoms with Crippen molar-refractivity contribution in [1.82, 2.24) is 4.90 Å². The summed E-state index contributed by atoms with van der Waals surface area (Å²) in [6.45, 7) is 5.06. The van der Waals surface area contributed by atoms with Crippen molar-refractivity contribution in [3.8, 4) is 0 Å². The van der Waals surface area contributed by atoms with E-state index in [0.717, 1.165) is 11.0 Å². The van der Waals surface area contributed by atoms with Gasteiger partial charge in [0.15, 0.2) is 0 Å². The maximum absolute atomic E-state index is 13.7. The summed E-state index contributed by atoms with van der Waals surface area (Å²) >= 11 is 0. The summed E-state index contributed by atoms with van der Waals surface area (Å²) in [5.41, 5.74) is -2.22. The van der Waals surface area contributed by atoms with Crippen molar-refractivity contribution >= 4 is 17.6 Å². The van der Waals surface area contributed by atoms with Crippen LogP contribution in [-0.2, 0) is 20.5 Å². The van der Waals surface area contributed by atoms with Crippen LogP contribution in [-0.4, -0.2) is 53.7 Å². The molecule has 0 bridgehead atoms. The second-order valence-corrected chi connectivity index (χ2v) is 8.11.